The van der Waals surface area contributed by atoms with Crippen molar-refractivity contribution in [2.24, 2.45) is 0 Å². The molecule has 2 rings (SSSR count). The Bertz CT molecular complexity index is 818. The number of methoxy groups -OCH3 is 2. The van der Waals surface area contributed by atoms with E-state index in [9.17, 15) is 9.59 Å². The Morgan fingerprint density at radius 3 is 2.25 bits per heavy atom. The smallest absolute Gasteiger partial charge is 0.241 e. The molecule has 150 valence electrons. The van der Waals surface area contributed by atoms with Crippen molar-refractivity contribution in [3.63, 3.8) is 0 Å². The fourth-order valence-corrected chi connectivity index (χ4v) is 2.77. The van der Waals surface area contributed by atoms with Crippen LogP contribution in [0.15, 0.2) is 42.5 Å². The molecular weight excluding hydrogens is 356 g/mol. The van der Waals surface area contributed by atoms with Crippen LogP contribution >= 0.6 is 0 Å². The van der Waals surface area contributed by atoms with Crippen LogP contribution in [0.2, 0.25) is 0 Å². The molecule has 0 heterocycles. The normalized spacial score (nSPS) is 11.8. The van der Waals surface area contributed by atoms with Gasteiger partial charge in [0.15, 0.2) is 17.3 Å². The van der Waals surface area contributed by atoms with Crippen LogP contribution in [0.4, 0.5) is 5.69 Å². The quantitative estimate of drug-likeness (QED) is 0.671. The third-order valence-corrected chi connectivity index (χ3v) is 4.80. The summed E-state index contributed by atoms with van der Waals surface area (Å²) in [5, 5.41) is 2.89. The molecule has 2 aromatic rings. The van der Waals surface area contributed by atoms with Crippen LogP contribution in [0.5, 0.6) is 11.5 Å². The van der Waals surface area contributed by atoms with E-state index in [-0.39, 0.29) is 17.7 Å². The first-order chi connectivity index (χ1) is 13.3. The zero-order chi connectivity index (χ0) is 20.7. The first kappa shape index (κ1) is 21.4. The lowest BCUT2D eigenvalue weighted by Gasteiger charge is -2.24. The Balaban J connectivity index is 1.91. The van der Waals surface area contributed by atoms with Gasteiger partial charge in [0.1, 0.15) is 0 Å². The largest absolute Gasteiger partial charge is 0.493 e. The number of nitrogens with zero attached hydrogens (tertiary/aromatic N) is 1. The summed E-state index contributed by atoms with van der Waals surface area (Å²) < 4.78 is 10.6. The number of anilines is 1. The van der Waals surface area contributed by atoms with E-state index in [0.29, 0.717) is 29.3 Å². The second-order valence-corrected chi connectivity index (χ2v) is 6.72. The summed E-state index contributed by atoms with van der Waals surface area (Å²) in [5.41, 5.74) is 2.41. The predicted molar refractivity (Wildman–Crippen MR) is 110 cm³/mol. The summed E-state index contributed by atoms with van der Waals surface area (Å²) in [4.78, 5) is 25.8. The number of ether oxygens (including phenoxy) is 2. The minimum atomic E-state index is -0.298. The lowest BCUT2D eigenvalue weighted by atomic mass is 10.1. The Morgan fingerprint density at radius 2 is 1.68 bits per heavy atom. The summed E-state index contributed by atoms with van der Waals surface area (Å²) in [6.07, 6.45) is 0.780. The molecule has 0 radical (unpaired) electrons. The molecule has 0 fully saturated rings. The average Bonchev–Trinajstić information content (AvgIpc) is 2.71. The van der Waals surface area contributed by atoms with Gasteiger partial charge in [0, 0.05) is 17.8 Å². The van der Waals surface area contributed by atoms with Crippen molar-refractivity contribution in [1.29, 1.82) is 0 Å². The maximum absolute atomic E-state index is 12.5. The molecule has 6 nitrogen and oxygen atoms in total. The summed E-state index contributed by atoms with van der Waals surface area (Å²) in [6.45, 7) is 4.10. The molecule has 0 saturated carbocycles. The van der Waals surface area contributed by atoms with Gasteiger partial charge < -0.3 is 14.8 Å². The lowest BCUT2D eigenvalue weighted by molar-refractivity contribution is -0.120. The summed E-state index contributed by atoms with van der Waals surface area (Å²) in [6, 6.07) is 12.4. The molecule has 28 heavy (non-hydrogen) atoms. The number of Topliss-reactive ketones (excluding diaryl/α,β-unsaturated/α-hetero) is 1. The predicted octanol–water partition coefficient (Wildman–Crippen LogP) is 3.41. The number of ketones is 1. The van der Waals surface area contributed by atoms with Gasteiger partial charge in [0.05, 0.1) is 20.3 Å². The van der Waals surface area contributed by atoms with Crippen LogP contribution in [0.3, 0.4) is 0 Å². The van der Waals surface area contributed by atoms with Gasteiger partial charge in [-0.25, -0.2) is 0 Å². The molecule has 0 aliphatic carbocycles. The lowest BCUT2D eigenvalue weighted by Crippen LogP contribution is -2.40. The van der Waals surface area contributed by atoms with Gasteiger partial charge >= 0.3 is 0 Å². The van der Waals surface area contributed by atoms with Crippen LogP contribution < -0.4 is 14.8 Å². The van der Waals surface area contributed by atoms with Crippen molar-refractivity contribution in [3.8, 4) is 11.5 Å². The average molecular weight is 384 g/mol. The SMILES string of the molecule is COc1ccc(CCN(C)C(C)C(=O)Nc2ccc(C(C)=O)cc2)cc1OC. The van der Waals surface area contributed by atoms with E-state index < -0.39 is 0 Å². The van der Waals surface area contributed by atoms with Crippen molar-refractivity contribution in [3.05, 3.63) is 53.6 Å². The van der Waals surface area contributed by atoms with Gasteiger partial charge in [0.25, 0.3) is 0 Å². The molecule has 0 aromatic heterocycles. The first-order valence-corrected chi connectivity index (χ1v) is 9.18. The number of carbonyl (C=O) groups excluding carboxylic acids is 2. The molecule has 6 heteroatoms. The highest BCUT2D eigenvalue weighted by Gasteiger charge is 2.18. The maximum atomic E-state index is 12.5. The van der Waals surface area contributed by atoms with E-state index in [4.69, 9.17) is 9.47 Å². The van der Waals surface area contributed by atoms with E-state index in [1.807, 2.05) is 37.1 Å². The number of amides is 1. The summed E-state index contributed by atoms with van der Waals surface area (Å²) in [5.74, 6) is 1.30. The molecule has 0 spiro atoms. The zero-order valence-electron chi connectivity index (χ0n) is 17.1. The van der Waals surface area contributed by atoms with Crippen LogP contribution in [0.1, 0.15) is 29.8 Å². The number of hydrogen-bond donors (Lipinski definition) is 1. The third kappa shape index (κ3) is 5.57. The Hall–Kier alpha value is -2.86. The van der Waals surface area contributed by atoms with E-state index in [0.717, 1.165) is 12.0 Å². The highest BCUT2D eigenvalue weighted by atomic mass is 16.5. The molecule has 1 amide bonds. The standard InChI is InChI=1S/C22H28N2O4/c1-15(22(26)23-19-9-7-18(8-10-19)16(2)25)24(3)13-12-17-6-11-20(27-4)21(14-17)28-5/h6-11,14-15H,12-13H2,1-5H3,(H,23,26). The number of hydrogen-bond acceptors (Lipinski definition) is 5. The van der Waals surface area contributed by atoms with Gasteiger partial charge in [0.2, 0.25) is 5.91 Å². The van der Waals surface area contributed by atoms with E-state index in [1.54, 1.807) is 38.5 Å². The van der Waals surface area contributed by atoms with Gasteiger partial charge in [-0.2, -0.15) is 0 Å². The first-order valence-electron chi connectivity index (χ1n) is 9.18. The van der Waals surface area contributed by atoms with Gasteiger partial charge in [-0.3, -0.25) is 14.5 Å². The molecule has 0 aliphatic rings. The fourth-order valence-electron chi connectivity index (χ4n) is 2.77. The van der Waals surface area contributed by atoms with Crippen LogP contribution in [0, 0.1) is 0 Å². The van der Waals surface area contributed by atoms with E-state index in [1.165, 1.54) is 6.92 Å². The molecule has 1 N–H and O–H groups in total. The number of benzene rings is 2. The minimum absolute atomic E-state index is 0.00106. The molecule has 0 aliphatic heterocycles. The number of nitrogens with one attached hydrogen (secondary N) is 1. The van der Waals surface area contributed by atoms with E-state index in [2.05, 4.69) is 5.32 Å². The summed E-state index contributed by atoms with van der Waals surface area (Å²) >= 11 is 0. The second kappa shape index (κ2) is 9.90. The monoisotopic (exact) mass is 384 g/mol. The van der Waals surface area contributed by atoms with Crippen molar-refractivity contribution in [1.82, 2.24) is 4.90 Å². The fraction of sp³-hybridized carbons (Fsp3) is 0.364. The molecule has 1 atom stereocenters. The van der Waals surface area contributed by atoms with Crippen LogP contribution in [-0.2, 0) is 11.2 Å². The highest BCUT2D eigenvalue weighted by Crippen LogP contribution is 2.27. The van der Waals surface area contributed by atoms with E-state index >= 15 is 0 Å². The Morgan fingerprint density at radius 1 is 1.04 bits per heavy atom. The van der Waals surface area contributed by atoms with Crippen LogP contribution in [0.25, 0.3) is 0 Å². The zero-order valence-corrected chi connectivity index (χ0v) is 17.1. The Labute approximate surface area is 166 Å². The van der Waals surface area contributed by atoms with Crippen molar-refractivity contribution in [2.45, 2.75) is 26.3 Å². The highest BCUT2D eigenvalue weighted by molar-refractivity contribution is 5.96. The summed E-state index contributed by atoms with van der Waals surface area (Å²) in [7, 11) is 5.15. The van der Waals surface area contributed by atoms with Gasteiger partial charge in [-0.15, -0.1) is 0 Å². The molecule has 2 aromatic carbocycles. The molecule has 1 unspecified atom stereocenters. The third-order valence-electron chi connectivity index (χ3n) is 4.80. The molecular formula is C22H28N2O4. The number of rotatable bonds is 9. The van der Waals surface area contributed by atoms with Gasteiger partial charge in [-0.1, -0.05) is 6.07 Å². The number of likely N-dealkylation sites (N-methyl/N-ethyl adjacent to an activating group) is 1. The second-order valence-electron chi connectivity index (χ2n) is 6.72. The minimum Gasteiger partial charge on any atom is -0.493 e. The van der Waals surface area contributed by atoms with Gasteiger partial charge in [-0.05, 0) is 69.3 Å². The van der Waals surface area contributed by atoms with Crippen molar-refractivity contribution < 1.29 is 19.1 Å². The maximum Gasteiger partial charge on any atom is 0.241 e. The van der Waals surface area contributed by atoms with Crippen molar-refractivity contribution >= 4 is 17.4 Å². The van der Waals surface area contributed by atoms with Crippen molar-refractivity contribution in [2.75, 3.05) is 33.1 Å². The number of carbonyl (C=O) groups is 2. The van der Waals surface area contributed by atoms with Crippen LogP contribution in [-0.4, -0.2) is 50.4 Å². The molecule has 0 bridgehead atoms. The Kier molecular flexibility index (Phi) is 7.58. The molecule has 0 saturated heterocycles. The topological polar surface area (TPSA) is 67.9 Å².